The van der Waals surface area contributed by atoms with E-state index in [0.717, 1.165) is 48.1 Å². The summed E-state index contributed by atoms with van der Waals surface area (Å²) < 4.78 is 6.03. The number of rotatable bonds is 5. The fourth-order valence-corrected chi connectivity index (χ4v) is 5.31. The van der Waals surface area contributed by atoms with Crippen LogP contribution < -0.4 is 4.74 Å². The molecule has 0 saturated heterocycles. The van der Waals surface area contributed by atoms with Gasteiger partial charge in [-0.05, 0) is 53.5 Å². The average molecular weight is 411 g/mol. The van der Waals surface area contributed by atoms with E-state index in [1.54, 1.807) is 0 Å². The van der Waals surface area contributed by atoms with Crippen LogP contribution in [0.15, 0.2) is 30.3 Å². The van der Waals surface area contributed by atoms with Crippen LogP contribution in [0.2, 0.25) is 0 Å². The van der Waals surface area contributed by atoms with Crippen LogP contribution in [0.5, 0.6) is 5.75 Å². The predicted octanol–water partition coefficient (Wildman–Crippen LogP) is 3.68. The maximum atomic E-state index is 10.8. The molecule has 0 amide bonds. The molecule has 1 saturated carbocycles. The van der Waals surface area contributed by atoms with Crippen LogP contribution in [0.3, 0.4) is 0 Å². The SMILES string of the molecule is CCc1ccc(Cc2cc(C3CC(CC)C(O)C(O)C3O)c(C)c3c2OCC3)cc1. The van der Waals surface area contributed by atoms with Crippen molar-refractivity contribution in [3.8, 4) is 5.75 Å². The van der Waals surface area contributed by atoms with Gasteiger partial charge in [-0.3, -0.25) is 0 Å². The van der Waals surface area contributed by atoms with Crippen LogP contribution in [0, 0.1) is 12.8 Å². The molecule has 4 rings (SSSR count). The zero-order valence-corrected chi connectivity index (χ0v) is 18.3. The Bertz CT molecular complexity index is 887. The second-order valence-electron chi connectivity index (χ2n) is 8.99. The molecule has 1 aliphatic heterocycles. The fraction of sp³-hybridized carbons (Fsp3) is 0.538. The summed E-state index contributed by atoms with van der Waals surface area (Å²) in [5, 5.41) is 31.7. The van der Waals surface area contributed by atoms with Crippen molar-refractivity contribution in [1.82, 2.24) is 0 Å². The molecule has 2 aromatic carbocycles. The largest absolute Gasteiger partial charge is 0.493 e. The van der Waals surface area contributed by atoms with Crippen molar-refractivity contribution < 1.29 is 20.1 Å². The van der Waals surface area contributed by atoms with E-state index in [2.05, 4.69) is 44.2 Å². The Morgan fingerprint density at radius 1 is 0.967 bits per heavy atom. The van der Waals surface area contributed by atoms with Crippen LogP contribution in [-0.2, 0) is 19.3 Å². The number of fused-ring (bicyclic) bond motifs is 1. The van der Waals surface area contributed by atoms with Crippen molar-refractivity contribution in [1.29, 1.82) is 0 Å². The van der Waals surface area contributed by atoms with Gasteiger partial charge < -0.3 is 20.1 Å². The molecule has 1 fully saturated rings. The molecule has 2 aromatic rings. The molecule has 0 aromatic heterocycles. The van der Waals surface area contributed by atoms with E-state index in [0.29, 0.717) is 13.0 Å². The van der Waals surface area contributed by atoms with Gasteiger partial charge in [-0.25, -0.2) is 0 Å². The number of aliphatic hydroxyl groups is 3. The number of benzene rings is 2. The van der Waals surface area contributed by atoms with E-state index in [1.165, 1.54) is 16.7 Å². The number of aryl methyl sites for hydroxylation is 1. The summed E-state index contributed by atoms with van der Waals surface area (Å²) in [5.74, 6) is 0.802. The summed E-state index contributed by atoms with van der Waals surface area (Å²) in [5.41, 5.74) is 7.20. The third kappa shape index (κ3) is 3.77. The topological polar surface area (TPSA) is 69.9 Å². The zero-order chi connectivity index (χ0) is 21.4. The van der Waals surface area contributed by atoms with Gasteiger partial charge >= 0.3 is 0 Å². The Hall–Kier alpha value is -1.88. The molecule has 1 heterocycles. The lowest BCUT2D eigenvalue weighted by molar-refractivity contribution is -0.120. The highest BCUT2D eigenvalue weighted by atomic mass is 16.5. The minimum atomic E-state index is -1.11. The summed E-state index contributed by atoms with van der Waals surface area (Å²) in [7, 11) is 0. The monoisotopic (exact) mass is 410 g/mol. The van der Waals surface area contributed by atoms with Gasteiger partial charge in [0.1, 0.15) is 11.9 Å². The lowest BCUT2D eigenvalue weighted by atomic mass is 9.70. The smallest absolute Gasteiger partial charge is 0.126 e. The molecule has 0 bridgehead atoms. The van der Waals surface area contributed by atoms with Crippen molar-refractivity contribution in [2.75, 3.05) is 6.61 Å². The number of aliphatic hydroxyl groups excluding tert-OH is 3. The normalized spacial score (nSPS) is 28.3. The first-order chi connectivity index (χ1) is 14.4. The van der Waals surface area contributed by atoms with Gasteiger partial charge in [0, 0.05) is 24.3 Å². The Labute approximate surface area is 179 Å². The van der Waals surface area contributed by atoms with E-state index in [4.69, 9.17) is 4.74 Å². The molecule has 0 spiro atoms. The lowest BCUT2D eigenvalue weighted by Gasteiger charge is -2.41. The van der Waals surface area contributed by atoms with E-state index in [1.807, 2.05) is 6.92 Å². The van der Waals surface area contributed by atoms with Crippen LogP contribution >= 0.6 is 0 Å². The van der Waals surface area contributed by atoms with Gasteiger partial charge in [-0.15, -0.1) is 0 Å². The summed E-state index contributed by atoms with van der Waals surface area (Å²) in [4.78, 5) is 0. The van der Waals surface area contributed by atoms with Crippen LogP contribution in [0.25, 0.3) is 0 Å². The number of hydrogen-bond acceptors (Lipinski definition) is 4. The van der Waals surface area contributed by atoms with Crippen molar-refractivity contribution in [3.63, 3.8) is 0 Å². The molecule has 0 radical (unpaired) electrons. The minimum absolute atomic E-state index is 0.0117. The molecular weight excluding hydrogens is 376 g/mol. The molecular formula is C26H34O4. The third-order valence-electron chi connectivity index (χ3n) is 7.28. The molecule has 162 valence electrons. The van der Waals surface area contributed by atoms with Crippen molar-refractivity contribution >= 4 is 0 Å². The van der Waals surface area contributed by atoms with Crippen LogP contribution in [0.1, 0.15) is 66.0 Å². The molecule has 2 aliphatic rings. The maximum absolute atomic E-state index is 10.8. The Balaban J connectivity index is 1.72. The summed E-state index contributed by atoms with van der Waals surface area (Å²) >= 11 is 0. The molecule has 30 heavy (non-hydrogen) atoms. The van der Waals surface area contributed by atoms with Gasteiger partial charge in [-0.1, -0.05) is 50.6 Å². The highest BCUT2D eigenvalue weighted by Crippen LogP contribution is 2.44. The van der Waals surface area contributed by atoms with Crippen molar-refractivity contribution in [2.45, 2.75) is 77.1 Å². The molecule has 4 nitrogen and oxygen atoms in total. The van der Waals surface area contributed by atoms with Gasteiger partial charge in [0.2, 0.25) is 0 Å². The van der Waals surface area contributed by atoms with Crippen LogP contribution in [-0.4, -0.2) is 40.2 Å². The van der Waals surface area contributed by atoms with E-state index >= 15 is 0 Å². The Morgan fingerprint density at radius 3 is 2.33 bits per heavy atom. The highest BCUT2D eigenvalue weighted by molar-refractivity contribution is 5.55. The van der Waals surface area contributed by atoms with E-state index in [-0.39, 0.29) is 11.8 Å². The van der Waals surface area contributed by atoms with E-state index < -0.39 is 18.3 Å². The predicted molar refractivity (Wildman–Crippen MR) is 118 cm³/mol. The van der Waals surface area contributed by atoms with Crippen molar-refractivity contribution in [2.24, 2.45) is 5.92 Å². The zero-order valence-electron chi connectivity index (χ0n) is 18.3. The standard InChI is InChI=1S/C26H34O4/c1-4-16-6-8-17(9-7-16)12-19-14-21(15(3)20-10-11-30-26(19)20)22-13-18(5-2)23(27)25(29)24(22)28/h6-9,14,18,22-25,27-29H,4-5,10-13H2,1-3H3. The first-order valence-corrected chi connectivity index (χ1v) is 11.3. The second-order valence-corrected chi connectivity index (χ2v) is 8.99. The van der Waals surface area contributed by atoms with Gasteiger partial charge in [-0.2, -0.15) is 0 Å². The molecule has 1 aliphatic carbocycles. The lowest BCUT2D eigenvalue weighted by Crippen LogP contribution is -2.50. The average Bonchev–Trinajstić information content (AvgIpc) is 3.26. The fourth-order valence-electron chi connectivity index (χ4n) is 5.31. The molecule has 5 atom stereocenters. The quantitative estimate of drug-likeness (QED) is 0.703. The van der Waals surface area contributed by atoms with Crippen LogP contribution in [0.4, 0.5) is 0 Å². The summed E-state index contributed by atoms with van der Waals surface area (Å²) in [6.45, 7) is 6.98. The Morgan fingerprint density at radius 2 is 1.67 bits per heavy atom. The maximum Gasteiger partial charge on any atom is 0.126 e. The summed E-state index contributed by atoms with van der Waals surface area (Å²) in [6, 6.07) is 10.9. The molecule has 5 unspecified atom stereocenters. The van der Waals surface area contributed by atoms with E-state index in [9.17, 15) is 15.3 Å². The first-order valence-electron chi connectivity index (χ1n) is 11.3. The highest BCUT2D eigenvalue weighted by Gasteiger charge is 2.43. The van der Waals surface area contributed by atoms with Gasteiger partial charge in [0.05, 0.1) is 18.8 Å². The van der Waals surface area contributed by atoms with Crippen molar-refractivity contribution in [3.05, 3.63) is 63.7 Å². The number of hydrogen-bond donors (Lipinski definition) is 3. The first kappa shape index (κ1) is 21.4. The third-order valence-corrected chi connectivity index (χ3v) is 7.28. The molecule has 4 heteroatoms. The molecule has 3 N–H and O–H groups in total. The summed E-state index contributed by atoms with van der Waals surface area (Å²) in [6.07, 6.45) is 1.22. The Kier molecular flexibility index (Phi) is 6.19. The van der Waals surface area contributed by atoms with Gasteiger partial charge in [0.25, 0.3) is 0 Å². The number of ether oxygens (including phenoxy) is 1. The minimum Gasteiger partial charge on any atom is -0.493 e. The van der Waals surface area contributed by atoms with Gasteiger partial charge in [0.15, 0.2) is 0 Å². The second kappa shape index (κ2) is 8.70.